The van der Waals surface area contributed by atoms with Gasteiger partial charge in [0, 0.05) is 45.0 Å². The Balaban J connectivity index is 0.000000338. The molecule has 0 aliphatic rings. The highest BCUT2D eigenvalue weighted by atomic mass is 32.2. The van der Waals surface area contributed by atoms with Crippen LogP contribution in [0.5, 0.6) is 0 Å². The van der Waals surface area contributed by atoms with Gasteiger partial charge in [0.25, 0.3) is 0 Å². The summed E-state index contributed by atoms with van der Waals surface area (Å²) in [7, 11) is 0. The Morgan fingerprint density at radius 2 is 0.915 bits per heavy atom. The Morgan fingerprint density at radius 1 is 0.521 bits per heavy atom. The number of ketones is 6. The maximum Gasteiger partial charge on any atom is 0.159 e. The Bertz CT molecular complexity index is 2470. The molecular weight excluding hydrogens is 1130 g/mol. The molecule has 0 aliphatic carbocycles. The number of para-hydroxylation sites is 3. The lowest BCUT2D eigenvalue weighted by Gasteiger charge is -2.14. The van der Waals surface area contributed by atoms with Gasteiger partial charge in [-0.3, -0.25) is 28.8 Å². The molecule has 0 fully saturated rings. The zero-order valence-electron chi connectivity index (χ0n) is 40.3. The summed E-state index contributed by atoms with van der Waals surface area (Å²) in [6.07, 6.45) is -0.427. The summed E-state index contributed by atoms with van der Waals surface area (Å²) < 4.78 is 6.60. The lowest BCUT2D eigenvalue weighted by molar-refractivity contribution is -0.115. The number of aliphatic hydroxyl groups is 1. The van der Waals surface area contributed by atoms with Crippen LogP contribution in [0.3, 0.4) is 0 Å². The number of Topliss-reactive ketones (excluding diaryl/α,β-unsaturated/α-hetero) is 6. The molecule has 1 unspecified atom stereocenters. The third kappa shape index (κ3) is 30.4. The van der Waals surface area contributed by atoms with Crippen LogP contribution in [0.2, 0.25) is 0 Å². The van der Waals surface area contributed by atoms with E-state index in [1.165, 1.54) is 51.5 Å². The average Bonchev–Trinajstić information content (AvgIpc) is 4.02. The molecule has 3 heterocycles. The number of fused-ring (bicyclic) bond motifs is 3. The van der Waals surface area contributed by atoms with Gasteiger partial charge in [-0.25, -0.2) is 9.97 Å². The molecule has 0 aliphatic heterocycles. The first kappa shape index (κ1) is 65.4. The zero-order valence-corrected chi connectivity index (χ0v) is 50.1. The van der Waals surface area contributed by atoms with E-state index in [0.29, 0.717) is 56.5 Å². The van der Waals surface area contributed by atoms with E-state index >= 15 is 0 Å². The van der Waals surface area contributed by atoms with Crippen LogP contribution in [0, 0.1) is 3.95 Å². The van der Waals surface area contributed by atoms with E-state index in [9.17, 15) is 33.9 Å². The van der Waals surface area contributed by atoms with E-state index in [4.69, 9.17) is 12.2 Å². The number of carbonyl (C=O) groups is 6. The molecule has 0 radical (unpaired) electrons. The molecule has 6 aromatic rings. The molecule has 0 saturated heterocycles. The van der Waals surface area contributed by atoms with Crippen molar-refractivity contribution >= 4 is 206 Å². The van der Waals surface area contributed by atoms with E-state index in [0.717, 1.165) is 52.2 Å². The molecule has 3 N–H and O–H groups in total. The van der Waals surface area contributed by atoms with Crippen molar-refractivity contribution in [3.8, 4) is 0 Å². The molecule has 23 heteroatoms. The summed E-state index contributed by atoms with van der Waals surface area (Å²) in [5.41, 5.74) is 3.21. The number of thiazole rings is 3. The number of aromatic nitrogens is 3. The fourth-order valence-electron chi connectivity index (χ4n) is 5.24. The first-order chi connectivity index (χ1) is 33.5. The van der Waals surface area contributed by atoms with Gasteiger partial charge in [0.2, 0.25) is 0 Å². The predicted molar refractivity (Wildman–Crippen MR) is 322 cm³/mol. The third-order valence-electron chi connectivity index (χ3n) is 8.12. The van der Waals surface area contributed by atoms with Crippen molar-refractivity contribution in [2.24, 2.45) is 0 Å². The van der Waals surface area contributed by atoms with Crippen molar-refractivity contribution < 1.29 is 39.3 Å². The molecule has 3 aromatic carbocycles. The number of rotatable bonds is 28. The van der Waals surface area contributed by atoms with Gasteiger partial charge in [-0.1, -0.05) is 59.9 Å². The van der Waals surface area contributed by atoms with Crippen molar-refractivity contribution in [1.29, 1.82) is 0 Å². The summed E-state index contributed by atoms with van der Waals surface area (Å²) in [5.74, 6) is 8.83. The van der Waals surface area contributed by atoms with E-state index in [-0.39, 0.29) is 40.2 Å². The van der Waals surface area contributed by atoms with Crippen LogP contribution in [-0.4, -0.2) is 146 Å². The Morgan fingerprint density at radius 3 is 1.37 bits per heavy atom. The summed E-state index contributed by atoms with van der Waals surface area (Å²) in [5, 5.41) is 10.1. The van der Waals surface area contributed by atoms with E-state index in [1.807, 2.05) is 54.6 Å². The number of H-pyrrole nitrogens is 1. The molecule has 0 saturated carbocycles. The Kier molecular flexibility index (Phi) is 34.9. The SMILES string of the molecule is CC(=O)CSCC(CSCC(C)=O)Sc1nc2ccccc2s1.CC(=O)CSCC(CSc1nc2ccccc2s1)SCC(C)=O.CC(=O)CSCC(O)CSCC(C)=O.S=c1[nH]c2ccccc2s1.[OH-]. The minimum atomic E-state index is -0.427. The number of thioether (sulfide) groups is 8. The van der Waals surface area contributed by atoms with Crippen LogP contribution in [0.1, 0.15) is 41.5 Å². The van der Waals surface area contributed by atoms with Gasteiger partial charge in [0.05, 0.1) is 71.3 Å². The van der Waals surface area contributed by atoms with E-state index in [2.05, 4.69) is 33.2 Å². The van der Waals surface area contributed by atoms with Crippen molar-refractivity contribution in [2.45, 2.75) is 66.8 Å². The van der Waals surface area contributed by atoms with Crippen LogP contribution in [0.25, 0.3) is 30.6 Å². The number of nitrogens with one attached hydrogen (secondary N) is 1. The minimum Gasteiger partial charge on any atom is -0.870 e. The first-order valence-electron chi connectivity index (χ1n) is 21.7. The minimum absolute atomic E-state index is 0. The quantitative estimate of drug-likeness (QED) is 0.0347. The molecule has 1 atom stereocenters. The molecule has 71 heavy (non-hydrogen) atoms. The van der Waals surface area contributed by atoms with Gasteiger partial charge in [-0.05, 0) is 90.2 Å². The van der Waals surface area contributed by atoms with Crippen molar-refractivity contribution in [1.82, 2.24) is 15.0 Å². The average molecular weight is 1190 g/mol. The fourth-order valence-corrected chi connectivity index (χ4v) is 17.6. The number of hydrogen-bond donors (Lipinski definition) is 2. The zero-order chi connectivity index (χ0) is 51.3. The lowest BCUT2D eigenvalue weighted by Crippen LogP contribution is -2.15. The largest absolute Gasteiger partial charge is 0.870 e. The van der Waals surface area contributed by atoms with Gasteiger partial charge < -0.3 is 15.6 Å². The van der Waals surface area contributed by atoms with Gasteiger partial charge in [-0.15, -0.1) is 45.8 Å². The van der Waals surface area contributed by atoms with Crippen LogP contribution in [-0.2, 0) is 28.8 Å². The van der Waals surface area contributed by atoms with Crippen LogP contribution >= 0.6 is 140 Å². The molecule has 11 nitrogen and oxygen atoms in total. The highest BCUT2D eigenvalue weighted by molar-refractivity contribution is 8.07. The van der Waals surface area contributed by atoms with Gasteiger partial charge in [0.1, 0.15) is 34.7 Å². The number of benzene rings is 3. The molecular formula is C48H60N3O8S12-. The monoisotopic (exact) mass is 1190 g/mol. The highest BCUT2D eigenvalue weighted by Crippen LogP contribution is 2.35. The van der Waals surface area contributed by atoms with Crippen molar-refractivity contribution in [2.75, 3.05) is 69.0 Å². The third-order valence-corrected chi connectivity index (χ3v) is 22.4. The molecule has 388 valence electrons. The lowest BCUT2D eigenvalue weighted by atomic mass is 10.3. The van der Waals surface area contributed by atoms with E-state index in [1.54, 1.807) is 132 Å². The maximum absolute atomic E-state index is 11.2. The van der Waals surface area contributed by atoms with Gasteiger partial charge in [-0.2, -0.15) is 58.8 Å². The molecule has 0 amide bonds. The number of aromatic amines is 1. The number of hydrogen-bond acceptors (Lipinski definition) is 22. The number of aliphatic hydroxyl groups excluding tert-OH is 1. The summed E-state index contributed by atoms with van der Waals surface area (Å²) in [4.78, 5) is 78.1. The van der Waals surface area contributed by atoms with Gasteiger partial charge in [0.15, 0.2) is 12.6 Å². The first-order valence-corrected chi connectivity index (χ1v) is 33.2. The molecule has 3 aromatic heterocycles. The smallest absolute Gasteiger partial charge is 0.159 e. The predicted octanol–water partition coefficient (Wildman–Crippen LogP) is 12.6. The highest BCUT2D eigenvalue weighted by Gasteiger charge is 2.16. The second-order valence-corrected chi connectivity index (χ2v) is 28.4. The Hall–Kier alpha value is -1.71. The van der Waals surface area contributed by atoms with Crippen LogP contribution < -0.4 is 0 Å². The maximum atomic E-state index is 11.2. The summed E-state index contributed by atoms with van der Waals surface area (Å²) in [6, 6.07) is 24.4. The molecule has 0 spiro atoms. The standard InChI is InChI=1S/2C16H19NO2S4.C9H16O3S2.C7H5NS2.H2O/c1-11(18)7-20-9-13(21-8-12(2)19)10-22-16-17-14-5-3-4-6-15(14)23-16;1-11(18)7-20-9-13(10-21-8-12(2)19)22-16-17-14-5-3-4-6-15(14)23-16;1-7(10)3-13-5-9(12)6-14-4-8(2)11;9-7-8-5-3-1-2-4-6(5)10-7;/h2*3-6,13H,7-10H2,1-2H3;9,12H,3-6H2,1-2H3;1-4H,(H,8,9);1H2/p-1. The Labute approximate surface area is 468 Å². The van der Waals surface area contributed by atoms with Crippen molar-refractivity contribution in [3.05, 3.63) is 76.8 Å². The van der Waals surface area contributed by atoms with E-state index < -0.39 is 6.10 Å². The summed E-state index contributed by atoms with van der Waals surface area (Å²) >= 11 is 23.0. The topological polar surface area (TPSA) is 194 Å². The van der Waals surface area contributed by atoms with Crippen LogP contribution in [0.4, 0.5) is 0 Å². The van der Waals surface area contributed by atoms with Crippen LogP contribution in [0.15, 0.2) is 81.5 Å². The second-order valence-electron chi connectivity index (χ2n) is 15.3. The molecule has 6 rings (SSSR count). The normalized spacial score (nSPS) is 11.2. The second kappa shape index (κ2) is 37.9. The van der Waals surface area contributed by atoms with Gasteiger partial charge >= 0.3 is 0 Å². The summed E-state index contributed by atoms with van der Waals surface area (Å²) in [6.45, 7) is 9.53. The number of carbonyl (C=O) groups excluding carboxylic acids is 6. The number of nitrogens with zero attached hydrogens (tertiary/aromatic N) is 2. The molecule has 0 bridgehead atoms. The van der Waals surface area contributed by atoms with Crippen molar-refractivity contribution in [3.63, 3.8) is 0 Å². The fraction of sp³-hybridized carbons (Fsp3) is 0.438.